The number of nitrogens with zero attached hydrogens (tertiary/aromatic N) is 5. The molecule has 30 heavy (non-hydrogen) atoms. The van der Waals surface area contributed by atoms with Crippen molar-refractivity contribution in [1.29, 1.82) is 0 Å². The second-order valence-corrected chi connectivity index (χ2v) is 7.87. The van der Waals surface area contributed by atoms with Gasteiger partial charge in [-0.1, -0.05) is 6.07 Å². The van der Waals surface area contributed by atoms with E-state index in [1.807, 2.05) is 42.3 Å². The molecule has 8 nitrogen and oxygen atoms in total. The second kappa shape index (κ2) is 9.19. The number of piperidine rings is 1. The number of carbonyl (C=O) groups excluding carboxylic acids is 1. The number of aryl methyl sites for hydroxylation is 1. The summed E-state index contributed by atoms with van der Waals surface area (Å²) in [7, 11) is 1.61. The first kappa shape index (κ1) is 20.3. The second-order valence-electron chi connectivity index (χ2n) is 7.87. The summed E-state index contributed by atoms with van der Waals surface area (Å²) in [6.45, 7) is 6.82. The molecule has 2 fully saturated rings. The van der Waals surface area contributed by atoms with Crippen LogP contribution in [0.1, 0.15) is 24.8 Å². The van der Waals surface area contributed by atoms with Gasteiger partial charge < -0.3 is 24.8 Å². The van der Waals surface area contributed by atoms with Crippen molar-refractivity contribution in [2.45, 2.75) is 26.2 Å². The lowest BCUT2D eigenvalue weighted by atomic mass is 10.1. The van der Waals surface area contributed by atoms with Gasteiger partial charge in [0.05, 0.1) is 12.8 Å². The van der Waals surface area contributed by atoms with Gasteiger partial charge in [-0.05, 0) is 49.9 Å². The number of urea groups is 1. The van der Waals surface area contributed by atoms with Crippen LogP contribution in [-0.2, 0) is 0 Å². The number of ether oxygens (including phenoxy) is 1. The number of rotatable bonds is 4. The van der Waals surface area contributed by atoms with Crippen molar-refractivity contribution >= 4 is 23.5 Å². The van der Waals surface area contributed by atoms with E-state index >= 15 is 0 Å². The maximum Gasteiger partial charge on any atom is 0.322 e. The monoisotopic (exact) mass is 410 g/mol. The summed E-state index contributed by atoms with van der Waals surface area (Å²) >= 11 is 0. The number of anilines is 3. The van der Waals surface area contributed by atoms with Crippen molar-refractivity contribution in [2.24, 2.45) is 0 Å². The van der Waals surface area contributed by atoms with Crippen LogP contribution in [0.4, 0.5) is 22.2 Å². The van der Waals surface area contributed by atoms with E-state index in [4.69, 9.17) is 9.72 Å². The molecule has 160 valence electrons. The fourth-order valence-corrected chi connectivity index (χ4v) is 4.01. The van der Waals surface area contributed by atoms with E-state index in [-0.39, 0.29) is 6.03 Å². The highest BCUT2D eigenvalue weighted by atomic mass is 16.5. The summed E-state index contributed by atoms with van der Waals surface area (Å²) in [6, 6.07) is 7.62. The number of nitrogens with one attached hydrogen (secondary N) is 1. The summed E-state index contributed by atoms with van der Waals surface area (Å²) in [4.78, 5) is 28.4. The molecule has 2 aliphatic heterocycles. The Bertz CT molecular complexity index is 876. The normalized spacial score (nSPS) is 17.1. The minimum absolute atomic E-state index is 0.102. The molecule has 0 saturated carbocycles. The van der Waals surface area contributed by atoms with Crippen LogP contribution in [0.15, 0.2) is 30.5 Å². The fourth-order valence-electron chi connectivity index (χ4n) is 4.01. The molecule has 1 aromatic heterocycles. The average Bonchev–Trinajstić information content (AvgIpc) is 2.80. The molecular formula is C22H30N6O2. The van der Waals surface area contributed by atoms with Crippen LogP contribution in [0.2, 0.25) is 0 Å². The molecule has 0 spiro atoms. The van der Waals surface area contributed by atoms with Crippen LogP contribution in [0.25, 0.3) is 0 Å². The molecule has 8 heteroatoms. The molecule has 0 bridgehead atoms. The third-order valence-electron chi connectivity index (χ3n) is 5.75. The van der Waals surface area contributed by atoms with Gasteiger partial charge in [-0.25, -0.2) is 9.78 Å². The number of piperazine rings is 1. The van der Waals surface area contributed by atoms with Gasteiger partial charge in [0.25, 0.3) is 0 Å². The predicted molar refractivity (Wildman–Crippen MR) is 119 cm³/mol. The van der Waals surface area contributed by atoms with Gasteiger partial charge in [0, 0.05) is 45.5 Å². The van der Waals surface area contributed by atoms with Gasteiger partial charge in [-0.3, -0.25) is 0 Å². The van der Waals surface area contributed by atoms with Crippen LogP contribution in [0.3, 0.4) is 0 Å². The summed E-state index contributed by atoms with van der Waals surface area (Å²) in [6.07, 6.45) is 5.53. The Hall–Kier alpha value is -3.03. The minimum atomic E-state index is -0.102. The SMILES string of the molecule is COc1ccc(C)cc1NC(=O)N1CCN(c2ccnc(N3CCCCC3)n2)CC1. The zero-order valence-corrected chi connectivity index (χ0v) is 17.8. The molecule has 2 saturated heterocycles. The standard InChI is InChI=1S/C22H30N6O2/c1-17-6-7-19(30-2)18(16-17)24-22(29)28-14-12-26(13-15-28)20-8-9-23-21(25-20)27-10-4-3-5-11-27/h6-9,16H,3-5,10-15H2,1-2H3,(H,24,29). The summed E-state index contributed by atoms with van der Waals surface area (Å²) in [5.41, 5.74) is 1.77. The third kappa shape index (κ3) is 4.58. The lowest BCUT2D eigenvalue weighted by Gasteiger charge is -2.36. The smallest absolute Gasteiger partial charge is 0.322 e. The van der Waals surface area contributed by atoms with E-state index in [9.17, 15) is 4.79 Å². The van der Waals surface area contributed by atoms with E-state index in [0.29, 0.717) is 24.5 Å². The van der Waals surface area contributed by atoms with Crippen LogP contribution in [0, 0.1) is 6.92 Å². The maximum absolute atomic E-state index is 12.8. The van der Waals surface area contributed by atoms with Crippen molar-refractivity contribution in [3.05, 3.63) is 36.0 Å². The lowest BCUT2D eigenvalue weighted by molar-refractivity contribution is 0.208. The molecule has 2 aromatic rings. The number of aromatic nitrogens is 2. The van der Waals surface area contributed by atoms with Crippen molar-refractivity contribution in [3.63, 3.8) is 0 Å². The van der Waals surface area contributed by atoms with Crippen LogP contribution in [-0.4, -0.2) is 67.3 Å². The molecular weight excluding hydrogens is 380 g/mol. The van der Waals surface area contributed by atoms with Crippen LogP contribution >= 0.6 is 0 Å². The van der Waals surface area contributed by atoms with Gasteiger partial charge in [0.1, 0.15) is 11.6 Å². The number of methoxy groups -OCH3 is 1. The van der Waals surface area contributed by atoms with Crippen molar-refractivity contribution < 1.29 is 9.53 Å². The molecule has 0 unspecified atom stereocenters. The van der Waals surface area contributed by atoms with E-state index in [2.05, 4.69) is 20.1 Å². The largest absolute Gasteiger partial charge is 0.495 e. The molecule has 0 radical (unpaired) electrons. The average molecular weight is 411 g/mol. The molecule has 0 atom stereocenters. The molecule has 3 heterocycles. The number of carbonyl (C=O) groups is 1. The maximum atomic E-state index is 12.8. The number of hydrogen-bond donors (Lipinski definition) is 1. The molecule has 1 aromatic carbocycles. The van der Waals surface area contributed by atoms with Gasteiger partial charge in [-0.15, -0.1) is 0 Å². The Labute approximate surface area is 177 Å². The lowest BCUT2D eigenvalue weighted by Crippen LogP contribution is -2.50. The number of benzene rings is 1. The van der Waals surface area contributed by atoms with E-state index in [1.165, 1.54) is 19.3 Å². The quantitative estimate of drug-likeness (QED) is 0.835. The number of amides is 2. The minimum Gasteiger partial charge on any atom is -0.495 e. The Kier molecular flexibility index (Phi) is 6.21. The van der Waals surface area contributed by atoms with Crippen molar-refractivity contribution in [1.82, 2.24) is 14.9 Å². The van der Waals surface area contributed by atoms with Crippen molar-refractivity contribution in [3.8, 4) is 5.75 Å². The Morgan fingerprint density at radius 2 is 1.77 bits per heavy atom. The van der Waals surface area contributed by atoms with E-state index in [0.717, 1.165) is 43.5 Å². The van der Waals surface area contributed by atoms with E-state index < -0.39 is 0 Å². The first-order chi connectivity index (χ1) is 14.6. The zero-order valence-electron chi connectivity index (χ0n) is 17.8. The van der Waals surface area contributed by atoms with E-state index in [1.54, 1.807) is 7.11 Å². The zero-order chi connectivity index (χ0) is 20.9. The molecule has 2 amide bonds. The highest BCUT2D eigenvalue weighted by Gasteiger charge is 2.23. The first-order valence-electron chi connectivity index (χ1n) is 10.7. The topological polar surface area (TPSA) is 73.8 Å². The Morgan fingerprint density at radius 3 is 2.50 bits per heavy atom. The summed E-state index contributed by atoms with van der Waals surface area (Å²) in [5.74, 6) is 2.42. The Morgan fingerprint density at radius 1 is 1.00 bits per heavy atom. The molecule has 0 aliphatic carbocycles. The van der Waals surface area contributed by atoms with Gasteiger partial charge >= 0.3 is 6.03 Å². The number of hydrogen-bond acceptors (Lipinski definition) is 6. The predicted octanol–water partition coefficient (Wildman–Crippen LogP) is 3.14. The van der Waals surface area contributed by atoms with Gasteiger partial charge in [0.2, 0.25) is 5.95 Å². The highest BCUT2D eigenvalue weighted by Crippen LogP contribution is 2.26. The Balaban J connectivity index is 1.36. The summed E-state index contributed by atoms with van der Waals surface area (Å²) in [5, 5.41) is 2.99. The van der Waals surface area contributed by atoms with Crippen LogP contribution in [0.5, 0.6) is 5.75 Å². The van der Waals surface area contributed by atoms with Gasteiger partial charge in [0.15, 0.2) is 0 Å². The highest BCUT2D eigenvalue weighted by molar-refractivity contribution is 5.91. The van der Waals surface area contributed by atoms with Crippen LogP contribution < -0.4 is 19.9 Å². The molecule has 1 N–H and O–H groups in total. The molecule has 2 aliphatic rings. The fraction of sp³-hybridized carbons (Fsp3) is 0.500. The third-order valence-corrected chi connectivity index (χ3v) is 5.75. The van der Waals surface area contributed by atoms with Gasteiger partial charge in [-0.2, -0.15) is 4.98 Å². The first-order valence-corrected chi connectivity index (χ1v) is 10.7. The summed E-state index contributed by atoms with van der Waals surface area (Å²) < 4.78 is 5.36. The molecule has 4 rings (SSSR count). The van der Waals surface area contributed by atoms with Crippen molar-refractivity contribution in [2.75, 3.05) is 61.5 Å².